The van der Waals surface area contributed by atoms with Gasteiger partial charge in [-0.3, -0.25) is 10.1 Å². The SMILES string of the molecule is NC1CC(NC2CCCCNC2=O)c2ccccc21. The molecule has 2 aliphatic rings. The Morgan fingerprint density at radius 1 is 1.16 bits per heavy atom. The van der Waals surface area contributed by atoms with Crippen molar-refractivity contribution in [2.75, 3.05) is 6.54 Å². The number of carbonyl (C=O) groups is 1. The maximum absolute atomic E-state index is 12.0. The molecule has 0 aromatic heterocycles. The van der Waals surface area contributed by atoms with Crippen LogP contribution in [0.3, 0.4) is 0 Å². The van der Waals surface area contributed by atoms with Crippen molar-refractivity contribution in [3.8, 4) is 0 Å². The molecule has 0 radical (unpaired) electrons. The molecule has 1 heterocycles. The number of carbonyl (C=O) groups excluding carboxylic acids is 1. The summed E-state index contributed by atoms with van der Waals surface area (Å²) in [6.45, 7) is 0.803. The lowest BCUT2D eigenvalue weighted by Gasteiger charge is -2.21. The number of hydrogen-bond acceptors (Lipinski definition) is 3. The van der Waals surface area contributed by atoms with Gasteiger partial charge in [-0.25, -0.2) is 0 Å². The summed E-state index contributed by atoms with van der Waals surface area (Å²) in [6.07, 6.45) is 3.96. The van der Waals surface area contributed by atoms with E-state index >= 15 is 0 Å². The second-order valence-corrected chi connectivity index (χ2v) is 5.53. The number of amides is 1. The van der Waals surface area contributed by atoms with Crippen LogP contribution in [-0.4, -0.2) is 18.5 Å². The Labute approximate surface area is 113 Å². The monoisotopic (exact) mass is 259 g/mol. The van der Waals surface area contributed by atoms with E-state index in [-0.39, 0.29) is 24.0 Å². The number of hydrogen-bond donors (Lipinski definition) is 3. The van der Waals surface area contributed by atoms with Crippen LogP contribution < -0.4 is 16.4 Å². The standard InChI is InChI=1S/C15H21N3O/c16-12-9-14(11-6-2-1-5-10(11)12)18-13-7-3-4-8-17-15(13)19/h1-2,5-6,12-14,18H,3-4,7-9,16H2,(H,17,19). The van der Waals surface area contributed by atoms with Crippen LogP contribution in [0.1, 0.15) is 48.9 Å². The van der Waals surface area contributed by atoms with Gasteiger partial charge in [-0.05, 0) is 36.8 Å². The molecule has 3 atom stereocenters. The minimum atomic E-state index is -0.0779. The third-order valence-corrected chi connectivity index (χ3v) is 4.20. The quantitative estimate of drug-likeness (QED) is 0.752. The molecule has 1 amide bonds. The van der Waals surface area contributed by atoms with E-state index in [1.54, 1.807) is 0 Å². The van der Waals surface area contributed by atoms with E-state index in [0.717, 1.165) is 32.2 Å². The molecule has 102 valence electrons. The molecule has 19 heavy (non-hydrogen) atoms. The molecule has 0 saturated carbocycles. The first kappa shape index (κ1) is 12.6. The van der Waals surface area contributed by atoms with E-state index in [1.165, 1.54) is 11.1 Å². The summed E-state index contributed by atoms with van der Waals surface area (Å²) in [4.78, 5) is 12.0. The molecule has 0 bridgehead atoms. The molecule has 1 aliphatic heterocycles. The molecule has 3 unspecified atom stereocenters. The Bertz CT molecular complexity index is 474. The van der Waals surface area contributed by atoms with Crippen LogP contribution in [0.4, 0.5) is 0 Å². The molecule has 3 rings (SSSR count). The van der Waals surface area contributed by atoms with Gasteiger partial charge in [0, 0.05) is 18.6 Å². The van der Waals surface area contributed by atoms with E-state index < -0.39 is 0 Å². The maximum Gasteiger partial charge on any atom is 0.237 e. The van der Waals surface area contributed by atoms with Gasteiger partial charge < -0.3 is 11.1 Å². The highest BCUT2D eigenvalue weighted by molar-refractivity contribution is 5.82. The highest BCUT2D eigenvalue weighted by atomic mass is 16.2. The molecule has 4 nitrogen and oxygen atoms in total. The van der Waals surface area contributed by atoms with Gasteiger partial charge in [0.25, 0.3) is 0 Å². The predicted octanol–water partition coefficient (Wildman–Crippen LogP) is 1.39. The highest BCUT2D eigenvalue weighted by Crippen LogP contribution is 2.37. The molecule has 4 heteroatoms. The van der Waals surface area contributed by atoms with Crippen LogP contribution in [0.5, 0.6) is 0 Å². The zero-order valence-electron chi connectivity index (χ0n) is 11.1. The molecule has 0 spiro atoms. The minimum absolute atomic E-state index is 0.0779. The van der Waals surface area contributed by atoms with E-state index in [4.69, 9.17) is 5.73 Å². The maximum atomic E-state index is 12.0. The number of nitrogens with two attached hydrogens (primary N) is 1. The largest absolute Gasteiger partial charge is 0.355 e. The van der Waals surface area contributed by atoms with Crippen LogP contribution >= 0.6 is 0 Å². The molecule has 1 aromatic rings. The summed E-state index contributed by atoms with van der Waals surface area (Å²) in [7, 11) is 0. The van der Waals surface area contributed by atoms with Crippen molar-refractivity contribution in [1.82, 2.24) is 10.6 Å². The Morgan fingerprint density at radius 3 is 2.79 bits per heavy atom. The van der Waals surface area contributed by atoms with Crippen molar-refractivity contribution in [2.45, 2.75) is 43.8 Å². The van der Waals surface area contributed by atoms with Crippen LogP contribution in [0, 0.1) is 0 Å². The molecular weight excluding hydrogens is 238 g/mol. The minimum Gasteiger partial charge on any atom is -0.355 e. The summed E-state index contributed by atoms with van der Waals surface area (Å²) in [5.74, 6) is 0.135. The zero-order chi connectivity index (χ0) is 13.2. The van der Waals surface area contributed by atoms with Crippen molar-refractivity contribution >= 4 is 5.91 Å². The summed E-state index contributed by atoms with van der Waals surface area (Å²) in [5, 5.41) is 6.47. The van der Waals surface area contributed by atoms with Crippen LogP contribution in [0.25, 0.3) is 0 Å². The summed E-state index contributed by atoms with van der Waals surface area (Å²) in [5.41, 5.74) is 8.64. The average Bonchev–Trinajstić information content (AvgIpc) is 2.59. The van der Waals surface area contributed by atoms with Gasteiger partial charge in [0.1, 0.15) is 0 Å². The smallest absolute Gasteiger partial charge is 0.237 e. The molecule has 4 N–H and O–H groups in total. The summed E-state index contributed by atoms with van der Waals surface area (Å²) in [6, 6.07) is 8.50. The van der Waals surface area contributed by atoms with Gasteiger partial charge in [0.2, 0.25) is 5.91 Å². The lowest BCUT2D eigenvalue weighted by Crippen LogP contribution is -2.44. The van der Waals surface area contributed by atoms with Crippen molar-refractivity contribution in [2.24, 2.45) is 5.73 Å². The first-order chi connectivity index (χ1) is 9.25. The van der Waals surface area contributed by atoms with Crippen molar-refractivity contribution < 1.29 is 4.79 Å². The zero-order valence-corrected chi connectivity index (χ0v) is 11.1. The van der Waals surface area contributed by atoms with Crippen LogP contribution in [0.15, 0.2) is 24.3 Å². The second kappa shape index (κ2) is 5.31. The van der Waals surface area contributed by atoms with E-state index in [0.29, 0.717) is 0 Å². The molecule has 1 saturated heterocycles. The molecular formula is C15H21N3O. The van der Waals surface area contributed by atoms with E-state index in [9.17, 15) is 4.79 Å². The van der Waals surface area contributed by atoms with Gasteiger partial charge in [-0.1, -0.05) is 24.3 Å². The number of benzene rings is 1. The topological polar surface area (TPSA) is 67.2 Å². The first-order valence-electron chi connectivity index (χ1n) is 7.14. The summed E-state index contributed by atoms with van der Waals surface area (Å²) >= 11 is 0. The van der Waals surface area contributed by atoms with Gasteiger partial charge in [0.15, 0.2) is 0 Å². The lowest BCUT2D eigenvalue weighted by atomic mass is 10.1. The fourth-order valence-corrected chi connectivity index (χ4v) is 3.17. The predicted molar refractivity (Wildman–Crippen MR) is 74.5 cm³/mol. The lowest BCUT2D eigenvalue weighted by molar-refractivity contribution is -0.123. The van der Waals surface area contributed by atoms with Crippen molar-refractivity contribution in [3.05, 3.63) is 35.4 Å². The average molecular weight is 259 g/mol. The molecule has 1 aromatic carbocycles. The fourth-order valence-electron chi connectivity index (χ4n) is 3.17. The summed E-state index contributed by atoms with van der Waals surface area (Å²) < 4.78 is 0. The Balaban J connectivity index is 1.75. The normalized spacial score (nSPS) is 30.6. The van der Waals surface area contributed by atoms with Crippen molar-refractivity contribution in [3.63, 3.8) is 0 Å². The third kappa shape index (κ3) is 2.51. The highest BCUT2D eigenvalue weighted by Gasteiger charge is 2.31. The Morgan fingerprint density at radius 2 is 1.95 bits per heavy atom. The van der Waals surface area contributed by atoms with E-state index in [2.05, 4.69) is 22.8 Å². The van der Waals surface area contributed by atoms with E-state index in [1.807, 2.05) is 12.1 Å². The Hall–Kier alpha value is -1.39. The third-order valence-electron chi connectivity index (χ3n) is 4.20. The second-order valence-electron chi connectivity index (χ2n) is 5.53. The fraction of sp³-hybridized carbons (Fsp3) is 0.533. The van der Waals surface area contributed by atoms with Crippen molar-refractivity contribution in [1.29, 1.82) is 0 Å². The molecule has 1 fully saturated rings. The first-order valence-corrected chi connectivity index (χ1v) is 7.14. The van der Waals surface area contributed by atoms with Gasteiger partial charge >= 0.3 is 0 Å². The van der Waals surface area contributed by atoms with Gasteiger partial charge in [-0.15, -0.1) is 0 Å². The number of rotatable bonds is 2. The number of fused-ring (bicyclic) bond motifs is 1. The Kier molecular flexibility index (Phi) is 3.53. The van der Waals surface area contributed by atoms with Gasteiger partial charge in [-0.2, -0.15) is 0 Å². The number of nitrogens with one attached hydrogen (secondary N) is 2. The van der Waals surface area contributed by atoms with Crippen LogP contribution in [0.2, 0.25) is 0 Å². The molecule has 1 aliphatic carbocycles. The van der Waals surface area contributed by atoms with Gasteiger partial charge in [0.05, 0.1) is 6.04 Å². The van der Waals surface area contributed by atoms with Crippen LogP contribution in [-0.2, 0) is 4.79 Å².